The van der Waals surface area contributed by atoms with Crippen molar-refractivity contribution in [1.29, 1.82) is 5.26 Å². The van der Waals surface area contributed by atoms with E-state index >= 15 is 0 Å². The lowest BCUT2D eigenvalue weighted by atomic mass is 9.94. The number of nitrogens with zero attached hydrogens (tertiary/aromatic N) is 4. The summed E-state index contributed by atoms with van der Waals surface area (Å²) in [5, 5.41) is 16.7. The number of hydrogen-bond donors (Lipinski definition) is 1. The second-order valence-corrected chi connectivity index (χ2v) is 8.58. The maximum Gasteiger partial charge on any atom is 0.255 e. The number of pyridine rings is 1. The molecule has 1 fully saturated rings. The monoisotopic (exact) mass is 443 g/mol. The van der Waals surface area contributed by atoms with Gasteiger partial charge < -0.3 is 5.32 Å². The molecule has 0 aliphatic carbocycles. The molecule has 0 bridgehead atoms. The van der Waals surface area contributed by atoms with E-state index in [0.29, 0.717) is 23.1 Å². The van der Waals surface area contributed by atoms with Crippen molar-refractivity contribution in [2.45, 2.75) is 25.8 Å². The summed E-state index contributed by atoms with van der Waals surface area (Å²) < 4.78 is 30.6. The lowest BCUT2D eigenvalue weighted by Gasteiger charge is -2.31. The van der Waals surface area contributed by atoms with Gasteiger partial charge in [0.1, 0.15) is 5.52 Å². The first-order valence-electron chi connectivity index (χ1n) is 11.0. The minimum atomic E-state index is -2.73. The van der Waals surface area contributed by atoms with E-state index in [1.807, 2.05) is 49.4 Å². The van der Waals surface area contributed by atoms with Crippen molar-refractivity contribution < 1.29 is 8.78 Å². The molecule has 1 unspecified atom stereocenters. The molecular formula is C26H23F2N5. The van der Waals surface area contributed by atoms with Crippen LogP contribution in [0.15, 0.2) is 60.8 Å². The first-order chi connectivity index (χ1) is 15.9. The molecule has 5 rings (SSSR count). The molecule has 1 saturated heterocycles. The molecule has 33 heavy (non-hydrogen) atoms. The standard InChI is InChI=1S/C26H23F2N5/c1-17-2-6-20(7-3-17)25-22(19-8-4-18(13-29)5-9-19)12-24-23(32-25)15-31-33(24)16-21-14-30-11-10-26(21,27)28/h2-9,12,15,21,30H,10-11,14,16H2,1H3. The van der Waals surface area contributed by atoms with Crippen LogP contribution < -0.4 is 5.32 Å². The van der Waals surface area contributed by atoms with E-state index < -0.39 is 11.8 Å². The number of halogens is 2. The number of fused-ring (bicyclic) bond motifs is 1. The van der Waals surface area contributed by atoms with E-state index in [0.717, 1.165) is 27.9 Å². The summed E-state index contributed by atoms with van der Waals surface area (Å²) in [6, 6.07) is 19.5. The van der Waals surface area contributed by atoms with Crippen molar-refractivity contribution in [2.75, 3.05) is 13.1 Å². The fraction of sp³-hybridized carbons (Fsp3) is 0.269. The molecule has 1 atom stereocenters. The normalized spacial score (nSPS) is 17.7. The highest BCUT2D eigenvalue weighted by Gasteiger charge is 2.41. The van der Waals surface area contributed by atoms with Crippen LogP contribution in [0.1, 0.15) is 17.5 Å². The van der Waals surface area contributed by atoms with Crippen LogP contribution >= 0.6 is 0 Å². The van der Waals surface area contributed by atoms with Crippen molar-refractivity contribution >= 4 is 11.0 Å². The van der Waals surface area contributed by atoms with E-state index in [2.05, 4.69) is 16.5 Å². The molecule has 3 heterocycles. The largest absolute Gasteiger partial charge is 0.316 e. The quantitative estimate of drug-likeness (QED) is 0.471. The van der Waals surface area contributed by atoms with Gasteiger partial charge in [-0.05, 0) is 30.7 Å². The topological polar surface area (TPSA) is 66.5 Å². The highest BCUT2D eigenvalue weighted by Crippen LogP contribution is 2.35. The molecule has 166 valence electrons. The third-order valence-corrected chi connectivity index (χ3v) is 6.29. The first kappa shape index (κ1) is 21.2. The van der Waals surface area contributed by atoms with E-state index in [4.69, 9.17) is 10.2 Å². The van der Waals surface area contributed by atoms with E-state index in [1.165, 1.54) is 0 Å². The Morgan fingerprint density at radius 1 is 1.12 bits per heavy atom. The summed E-state index contributed by atoms with van der Waals surface area (Å²) in [5.74, 6) is -3.56. The fourth-order valence-electron chi connectivity index (χ4n) is 4.32. The van der Waals surface area contributed by atoms with Crippen molar-refractivity contribution in [3.8, 4) is 28.5 Å². The van der Waals surface area contributed by atoms with Crippen LogP contribution in [-0.4, -0.2) is 33.8 Å². The number of piperidine rings is 1. The molecule has 0 saturated carbocycles. The zero-order valence-corrected chi connectivity index (χ0v) is 18.2. The number of nitriles is 1. The van der Waals surface area contributed by atoms with Gasteiger partial charge >= 0.3 is 0 Å². The molecule has 7 heteroatoms. The molecule has 1 aliphatic heterocycles. The Balaban J connectivity index is 1.63. The molecule has 2 aromatic heterocycles. The number of benzene rings is 2. The Hall–Kier alpha value is -3.63. The number of nitrogens with one attached hydrogen (secondary N) is 1. The van der Waals surface area contributed by atoms with Crippen molar-refractivity contribution in [2.24, 2.45) is 5.92 Å². The van der Waals surface area contributed by atoms with Gasteiger partial charge in [-0.15, -0.1) is 0 Å². The highest BCUT2D eigenvalue weighted by atomic mass is 19.3. The van der Waals surface area contributed by atoms with E-state index in [1.54, 1.807) is 23.0 Å². The summed E-state index contributed by atoms with van der Waals surface area (Å²) in [6.07, 6.45) is 1.48. The second-order valence-electron chi connectivity index (χ2n) is 8.58. The number of alkyl halides is 2. The first-order valence-corrected chi connectivity index (χ1v) is 11.0. The number of hydrogen-bond acceptors (Lipinski definition) is 4. The summed E-state index contributed by atoms with van der Waals surface area (Å²) in [6.45, 7) is 2.73. The average molecular weight is 444 g/mol. The van der Waals surface area contributed by atoms with E-state index in [9.17, 15) is 8.78 Å². The van der Waals surface area contributed by atoms with Gasteiger partial charge in [0.2, 0.25) is 0 Å². The molecule has 5 nitrogen and oxygen atoms in total. The molecule has 1 aliphatic rings. The summed E-state index contributed by atoms with van der Waals surface area (Å²) in [4.78, 5) is 4.89. The third kappa shape index (κ3) is 4.10. The fourth-order valence-corrected chi connectivity index (χ4v) is 4.32. The van der Waals surface area contributed by atoms with Crippen LogP contribution in [-0.2, 0) is 6.54 Å². The van der Waals surface area contributed by atoms with Crippen LogP contribution in [0.25, 0.3) is 33.4 Å². The SMILES string of the molecule is Cc1ccc(-c2nc3cnn(CC4CNCCC4(F)F)c3cc2-c2ccc(C#N)cc2)cc1. The molecule has 0 spiro atoms. The smallest absolute Gasteiger partial charge is 0.255 e. The lowest BCUT2D eigenvalue weighted by Crippen LogP contribution is -2.46. The minimum Gasteiger partial charge on any atom is -0.316 e. The minimum absolute atomic E-state index is 0.113. The number of rotatable bonds is 4. The Kier molecular flexibility index (Phi) is 5.39. The molecule has 1 N–H and O–H groups in total. The Labute approximate surface area is 190 Å². The van der Waals surface area contributed by atoms with Gasteiger partial charge in [0.05, 0.1) is 41.5 Å². The molecule has 4 aromatic rings. The maximum absolute atomic E-state index is 14.5. The Morgan fingerprint density at radius 3 is 2.55 bits per heavy atom. The Morgan fingerprint density at radius 2 is 1.85 bits per heavy atom. The van der Waals surface area contributed by atoms with Gasteiger partial charge in [0.15, 0.2) is 0 Å². The van der Waals surface area contributed by atoms with Crippen molar-refractivity contribution in [3.63, 3.8) is 0 Å². The number of aryl methyl sites for hydroxylation is 1. The van der Waals surface area contributed by atoms with Crippen molar-refractivity contribution in [1.82, 2.24) is 20.1 Å². The van der Waals surface area contributed by atoms with Gasteiger partial charge in [-0.1, -0.05) is 42.0 Å². The predicted octanol–water partition coefficient (Wildman–Crippen LogP) is 5.19. The van der Waals surface area contributed by atoms with Crippen LogP contribution in [0.5, 0.6) is 0 Å². The van der Waals surface area contributed by atoms with E-state index in [-0.39, 0.29) is 19.5 Å². The zero-order chi connectivity index (χ0) is 23.0. The lowest BCUT2D eigenvalue weighted by molar-refractivity contribution is -0.0840. The highest BCUT2D eigenvalue weighted by molar-refractivity contribution is 5.90. The van der Waals surface area contributed by atoms with Gasteiger partial charge in [-0.3, -0.25) is 4.68 Å². The van der Waals surface area contributed by atoms with Gasteiger partial charge in [0, 0.05) is 30.6 Å². The molecule has 0 radical (unpaired) electrons. The van der Waals surface area contributed by atoms with Gasteiger partial charge in [-0.25, -0.2) is 13.8 Å². The van der Waals surface area contributed by atoms with Crippen LogP contribution in [0.3, 0.4) is 0 Å². The van der Waals surface area contributed by atoms with Gasteiger partial charge in [0.25, 0.3) is 5.92 Å². The van der Waals surface area contributed by atoms with Crippen LogP contribution in [0, 0.1) is 24.2 Å². The summed E-state index contributed by atoms with van der Waals surface area (Å²) >= 11 is 0. The van der Waals surface area contributed by atoms with Crippen LogP contribution in [0.4, 0.5) is 8.78 Å². The molecule has 0 amide bonds. The summed E-state index contributed by atoms with van der Waals surface area (Å²) in [7, 11) is 0. The average Bonchev–Trinajstić information content (AvgIpc) is 3.22. The maximum atomic E-state index is 14.5. The molecular weight excluding hydrogens is 420 g/mol. The molecule has 2 aromatic carbocycles. The van der Waals surface area contributed by atoms with Gasteiger partial charge in [-0.2, -0.15) is 10.4 Å². The summed E-state index contributed by atoms with van der Waals surface area (Å²) in [5.41, 5.74) is 6.61. The predicted molar refractivity (Wildman–Crippen MR) is 124 cm³/mol. The third-order valence-electron chi connectivity index (χ3n) is 6.29. The Bertz CT molecular complexity index is 1330. The number of aromatic nitrogens is 3. The van der Waals surface area contributed by atoms with Crippen LogP contribution in [0.2, 0.25) is 0 Å². The van der Waals surface area contributed by atoms with Crippen molar-refractivity contribution in [3.05, 3.63) is 71.9 Å². The second kappa shape index (κ2) is 8.38. The zero-order valence-electron chi connectivity index (χ0n) is 18.2.